The molecule has 0 aliphatic carbocycles. The van der Waals surface area contributed by atoms with Crippen molar-refractivity contribution in [3.8, 4) is 5.75 Å². The van der Waals surface area contributed by atoms with E-state index in [1.807, 2.05) is 30.3 Å². The van der Waals surface area contributed by atoms with Gasteiger partial charge in [-0.3, -0.25) is 0 Å². The van der Waals surface area contributed by atoms with Crippen LogP contribution in [0.1, 0.15) is 29.6 Å². The van der Waals surface area contributed by atoms with Crippen LogP contribution in [0.3, 0.4) is 0 Å². The number of hydrogen-bond donors (Lipinski definition) is 1. The number of halogens is 1. The number of nitrogens with zero attached hydrogens (tertiary/aromatic N) is 3. The van der Waals surface area contributed by atoms with Gasteiger partial charge in [0.1, 0.15) is 11.6 Å². The number of carbonyl (C=O) groups excluding carboxylic acids is 1. The summed E-state index contributed by atoms with van der Waals surface area (Å²) < 4.78 is 23.9. The summed E-state index contributed by atoms with van der Waals surface area (Å²) in [6, 6.07) is 15.6. The molecule has 156 valence electrons. The van der Waals surface area contributed by atoms with Gasteiger partial charge in [0.25, 0.3) is 0 Å². The van der Waals surface area contributed by atoms with Crippen LogP contribution in [0, 0.1) is 5.82 Å². The van der Waals surface area contributed by atoms with Crippen LogP contribution in [0.4, 0.5) is 9.18 Å². The Balaban J connectivity index is 1.23. The lowest BCUT2D eigenvalue weighted by molar-refractivity contribution is 0.207. The van der Waals surface area contributed by atoms with E-state index in [-0.39, 0.29) is 17.8 Å². The summed E-state index contributed by atoms with van der Waals surface area (Å²) >= 11 is 0. The van der Waals surface area contributed by atoms with Crippen molar-refractivity contribution in [2.75, 3.05) is 19.7 Å². The lowest BCUT2D eigenvalue weighted by Gasteiger charge is -2.16. The number of benzene rings is 2. The smallest absolute Gasteiger partial charge is 0.317 e. The van der Waals surface area contributed by atoms with E-state index in [1.54, 1.807) is 17.0 Å². The quantitative estimate of drug-likeness (QED) is 0.645. The predicted molar refractivity (Wildman–Crippen MR) is 108 cm³/mol. The summed E-state index contributed by atoms with van der Waals surface area (Å²) in [4.78, 5) is 18.6. The van der Waals surface area contributed by atoms with Gasteiger partial charge in [0.05, 0.1) is 12.5 Å². The minimum absolute atomic E-state index is 0.0340. The third-order valence-electron chi connectivity index (χ3n) is 5.00. The molecule has 7 nitrogen and oxygen atoms in total. The highest BCUT2D eigenvalue weighted by Gasteiger charge is 2.31. The highest BCUT2D eigenvalue weighted by molar-refractivity contribution is 5.74. The molecule has 2 aromatic carbocycles. The number of urea groups is 1. The number of carbonyl (C=O) groups is 1. The van der Waals surface area contributed by atoms with Gasteiger partial charge in [0, 0.05) is 26.1 Å². The molecule has 1 atom stereocenters. The number of nitrogens with one attached hydrogen (secondary N) is 1. The van der Waals surface area contributed by atoms with Crippen molar-refractivity contribution in [3.05, 3.63) is 77.7 Å². The number of hydrogen-bond acceptors (Lipinski definition) is 5. The van der Waals surface area contributed by atoms with E-state index in [0.29, 0.717) is 50.1 Å². The average Bonchev–Trinajstić information content (AvgIpc) is 3.44. The highest BCUT2D eigenvalue weighted by Crippen LogP contribution is 2.26. The lowest BCUT2D eigenvalue weighted by Crippen LogP contribution is -2.37. The maximum atomic E-state index is 12.9. The standard InChI is InChI=1S/C22H23FN4O3/c23-18-6-8-19(9-7-18)29-13-11-20-25-21(30-26-20)17-10-12-27(15-17)22(28)24-14-16-4-2-1-3-5-16/h1-9,17H,10-15H2,(H,24,28). The van der Waals surface area contributed by atoms with Crippen molar-refractivity contribution in [1.82, 2.24) is 20.4 Å². The maximum absolute atomic E-state index is 12.9. The Hall–Kier alpha value is -3.42. The minimum atomic E-state index is -0.301. The molecule has 2 heterocycles. The van der Waals surface area contributed by atoms with Crippen LogP contribution in [0.25, 0.3) is 0 Å². The van der Waals surface area contributed by atoms with Gasteiger partial charge in [-0.1, -0.05) is 35.5 Å². The van der Waals surface area contributed by atoms with Crippen LogP contribution in [0.15, 0.2) is 59.1 Å². The molecule has 1 unspecified atom stereocenters. The van der Waals surface area contributed by atoms with E-state index in [1.165, 1.54) is 12.1 Å². The van der Waals surface area contributed by atoms with Crippen LogP contribution in [-0.4, -0.2) is 40.8 Å². The zero-order chi connectivity index (χ0) is 20.8. The number of amides is 2. The number of ether oxygens (including phenoxy) is 1. The van der Waals surface area contributed by atoms with Crippen molar-refractivity contribution in [3.63, 3.8) is 0 Å². The van der Waals surface area contributed by atoms with Crippen LogP contribution in [-0.2, 0) is 13.0 Å². The number of likely N-dealkylation sites (tertiary alicyclic amines) is 1. The molecule has 30 heavy (non-hydrogen) atoms. The normalized spacial score (nSPS) is 15.9. The molecule has 1 aromatic heterocycles. The molecule has 4 rings (SSSR count). The Morgan fingerprint density at radius 3 is 2.80 bits per heavy atom. The van der Waals surface area contributed by atoms with Gasteiger partial charge in [-0.05, 0) is 36.2 Å². The SMILES string of the molecule is O=C(NCc1ccccc1)N1CCC(c2nc(CCOc3ccc(F)cc3)no2)C1. The molecule has 0 radical (unpaired) electrons. The third kappa shape index (κ3) is 5.14. The van der Waals surface area contributed by atoms with Gasteiger partial charge in [0.2, 0.25) is 5.89 Å². The van der Waals surface area contributed by atoms with E-state index in [4.69, 9.17) is 9.26 Å². The second-order valence-corrected chi connectivity index (χ2v) is 7.18. The van der Waals surface area contributed by atoms with Gasteiger partial charge < -0.3 is 19.5 Å². The molecule has 2 amide bonds. The summed E-state index contributed by atoms with van der Waals surface area (Å²) in [5.74, 6) is 1.42. The Morgan fingerprint density at radius 1 is 1.20 bits per heavy atom. The van der Waals surface area contributed by atoms with Gasteiger partial charge in [-0.15, -0.1) is 0 Å². The second-order valence-electron chi connectivity index (χ2n) is 7.18. The molecule has 1 fully saturated rings. The zero-order valence-corrected chi connectivity index (χ0v) is 16.5. The fourth-order valence-corrected chi connectivity index (χ4v) is 3.36. The van der Waals surface area contributed by atoms with Gasteiger partial charge in [0.15, 0.2) is 5.82 Å². The third-order valence-corrected chi connectivity index (χ3v) is 5.00. The first-order valence-electron chi connectivity index (χ1n) is 9.95. The zero-order valence-electron chi connectivity index (χ0n) is 16.5. The fraction of sp³-hybridized carbons (Fsp3) is 0.318. The van der Waals surface area contributed by atoms with Crippen molar-refractivity contribution in [2.24, 2.45) is 0 Å². The molecule has 0 spiro atoms. The van der Waals surface area contributed by atoms with E-state index >= 15 is 0 Å². The number of aromatic nitrogens is 2. The summed E-state index contributed by atoms with van der Waals surface area (Å²) in [5, 5.41) is 6.95. The molecule has 3 aromatic rings. The molecular weight excluding hydrogens is 387 g/mol. The molecule has 8 heteroatoms. The first-order valence-corrected chi connectivity index (χ1v) is 9.95. The van der Waals surface area contributed by atoms with E-state index < -0.39 is 0 Å². The van der Waals surface area contributed by atoms with Gasteiger partial charge in [-0.2, -0.15) is 4.98 Å². The van der Waals surface area contributed by atoms with Crippen LogP contribution in [0.2, 0.25) is 0 Å². The van der Waals surface area contributed by atoms with E-state index in [2.05, 4.69) is 15.5 Å². The lowest BCUT2D eigenvalue weighted by atomic mass is 10.1. The fourth-order valence-electron chi connectivity index (χ4n) is 3.36. The molecule has 0 saturated carbocycles. The van der Waals surface area contributed by atoms with Crippen molar-refractivity contribution in [1.29, 1.82) is 0 Å². The monoisotopic (exact) mass is 410 g/mol. The van der Waals surface area contributed by atoms with Crippen molar-refractivity contribution >= 4 is 6.03 Å². The molecule has 1 aliphatic rings. The largest absolute Gasteiger partial charge is 0.493 e. The Kier molecular flexibility index (Phi) is 6.22. The van der Waals surface area contributed by atoms with Crippen molar-refractivity contribution < 1.29 is 18.4 Å². The average molecular weight is 410 g/mol. The summed E-state index contributed by atoms with van der Waals surface area (Å²) in [5.41, 5.74) is 1.06. The predicted octanol–water partition coefficient (Wildman–Crippen LogP) is 3.53. The van der Waals surface area contributed by atoms with E-state index in [0.717, 1.165) is 12.0 Å². The first-order chi connectivity index (χ1) is 14.7. The molecule has 1 N–H and O–H groups in total. The maximum Gasteiger partial charge on any atom is 0.317 e. The minimum Gasteiger partial charge on any atom is -0.493 e. The summed E-state index contributed by atoms with van der Waals surface area (Å²) in [6.45, 7) is 2.06. The van der Waals surface area contributed by atoms with Gasteiger partial charge in [-0.25, -0.2) is 9.18 Å². The summed E-state index contributed by atoms with van der Waals surface area (Å²) in [6.07, 6.45) is 1.27. The molecule has 1 aliphatic heterocycles. The van der Waals surface area contributed by atoms with Crippen LogP contribution >= 0.6 is 0 Å². The van der Waals surface area contributed by atoms with Gasteiger partial charge >= 0.3 is 6.03 Å². The van der Waals surface area contributed by atoms with Crippen molar-refractivity contribution in [2.45, 2.75) is 25.3 Å². The second kappa shape index (κ2) is 9.39. The highest BCUT2D eigenvalue weighted by atomic mass is 19.1. The molecule has 0 bridgehead atoms. The van der Waals surface area contributed by atoms with E-state index in [9.17, 15) is 9.18 Å². The Bertz CT molecular complexity index is 962. The number of rotatable bonds is 7. The Labute approximate surface area is 173 Å². The topological polar surface area (TPSA) is 80.5 Å². The van der Waals surface area contributed by atoms with Crippen LogP contribution < -0.4 is 10.1 Å². The van der Waals surface area contributed by atoms with Crippen LogP contribution in [0.5, 0.6) is 5.75 Å². The summed E-state index contributed by atoms with van der Waals surface area (Å²) in [7, 11) is 0. The molecular formula is C22H23FN4O3. The molecule has 1 saturated heterocycles. The Morgan fingerprint density at radius 2 is 2.00 bits per heavy atom. The first kappa shape index (κ1) is 19.9.